The molecule has 2 aromatic carbocycles. The fourth-order valence-electron chi connectivity index (χ4n) is 4.66. The molecule has 0 atom stereocenters. The van der Waals surface area contributed by atoms with E-state index in [0.717, 1.165) is 43.5 Å². The number of amides is 1. The van der Waals surface area contributed by atoms with Crippen LogP contribution < -0.4 is 10.1 Å². The zero-order valence-electron chi connectivity index (χ0n) is 18.9. The Bertz CT molecular complexity index is 1070. The van der Waals surface area contributed by atoms with Crippen LogP contribution in [0.4, 0.5) is 4.39 Å². The van der Waals surface area contributed by atoms with Gasteiger partial charge in [0.15, 0.2) is 0 Å². The monoisotopic (exact) mass is 434 g/mol. The standard InChI is InChI=1S/C27H31FN2O2/c1-19-23(27(31)29-22-11-7-4-8-12-22)18-25(24-17-21(28)13-14-26(24)32-2)30(19)16-15-20-9-5-3-6-10-20/h3,5-6,9-10,13-14,17-18,22H,4,7-8,11-12,15-16H2,1-2H3,(H,29,31). The van der Waals surface area contributed by atoms with Gasteiger partial charge in [0.1, 0.15) is 11.6 Å². The maximum Gasteiger partial charge on any atom is 0.253 e. The van der Waals surface area contributed by atoms with Gasteiger partial charge in [-0.1, -0.05) is 49.6 Å². The van der Waals surface area contributed by atoms with Crippen LogP contribution in [0.1, 0.15) is 53.7 Å². The normalized spacial score (nSPS) is 14.3. The van der Waals surface area contributed by atoms with Gasteiger partial charge in [0, 0.05) is 23.8 Å². The van der Waals surface area contributed by atoms with Gasteiger partial charge in [0.25, 0.3) is 5.91 Å². The van der Waals surface area contributed by atoms with Crippen LogP contribution in [0.25, 0.3) is 11.3 Å². The number of nitrogens with one attached hydrogen (secondary N) is 1. The van der Waals surface area contributed by atoms with Crippen molar-refractivity contribution in [1.82, 2.24) is 9.88 Å². The Morgan fingerprint density at radius 1 is 1.09 bits per heavy atom. The Hall–Kier alpha value is -3.08. The lowest BCUT2D eigenvalue weighted by Gasteiger charge is -2.22. The first-order valence-corrected chi connectivity index (χ1v) is 11.5. The number of aromatic nitrogens is 1. The van der Waals surface area contributed by atoms with Gasteiger partial charge in [-0.15, -0.1) is 0 Å². The molecule has 1 fully saturated rings. The fraction of sp³-hybridized carbons (Fsp3) is 0.370. The summed E-state index contributed by atoms with van der Waals surface area (Å²) in [5.41, 5.74) is 4.19. The molecule has 168 valence electrons. The summed E-state index contributed by atoms with van der Waals surface area (Å²) in [4.78, 5) is 13.2. The van der Waals surface area contributed by atoms with E-state index in [9.17, 15) is 9.18 Å². The smallest absolute Gasteiger partial charge is 0.253 e. The molecule has 0 aliphatic heterocycles. The second kappa shape index (κ2) is 10.0. The Morgan fingerprint density at radius 2 is 1.84 bits per heavy atom. The third-order valence-electron chi connectivity index (χ3n) is 6.46. The maximum absolute atomic E-state index is 14.2. The number of aryl methyl sites for hydroxylation is 1. The van der Waals surface area contributed by atoms with Crippen LogP contribution in [-0.2, 0) is 13.0 Å². The van der Waals surface area contributed by atoms with Crippen molar-refractivity contribution < 1.29 is 13.9 Å². The minimum absolute atomic E-state index is 0.0514. The highest BCUT2D eigenvalue weighted by molar-refractivity contribution is 5.97. The number of carbonyl (C=O) groups excluding carboxylic acids is 1. The average Bonchev–Trinajstić information content (AvgIpc) is 3.15. The van der Waals surface area contributed by atoms with Crippen molar-refractivity contribution in [1.29, 1.82) is 0 Å². The number of ether oxygens (including phenoxy) is 1. The molecule has 1 N–H and O–H groups in total. The second-order valence-corrected chi connectivity index (χ2v) is 8.57. The summed E-state index contributed by atoms with van der Waals surface area (Å²) in [5.74, 6) is 0.205. The largest absolute Gasteiger partial charge is 0.496 e. The van der Waals surface area contributed by atoms with Crippen LogP contribution in [0.15, 0.2) is 54.6 Å². The summed E-state index contributed by atoms with van der Waals surface area (Å²) in [6.45, 7) is 2.65. The molecular formula is C27H31FN2O2. The molecule has 0 spiro atoms. The Kier molecular flexibility index (Phi) is 6.93. The van der Waals surface area contributed by atoms with Gasteiger partial charge in [0.05, 0.1) is 18.4 Å². The van der Waals surface area contributed by atoms with E-state index < -0.39 is 0 Å². The number of hydrogen-bond acceptors (Lipinski definition) is 2. The highest BCUT2D eigenvalue weighted by Gasteiger charge is 2.23. The number of rotatable bonds is 7. The lowest BCUT2D eigenvalue weighted by Crippen LogP contribution is -2.36. The Morgan fingerprint density at radius 3 is 2.56 bits per heavy atom. The predicted octanol–water partition coefficient (Wildman–Crippen LogP) is 5.92. The summed E-state index contributed by atoms with van der Waals surface area (Å²) in [7, 11) is 1.58. The molecule has 5 heteroatoms. The van der Waals surface area contributed by atoms with Crippen LogP contribution >= 0.6 is 0 Å². The second-order valence-electron chi connectivity index (χ2n) is 8.57. The van der Waals surface area contributed by atoms with E-state index in [1.807, 2.05) is 31.2 Å². The van der Waals surface area contributed by atoms with Gasteiger partial charge in [-0.3, -0.25) is 4.79 Å². The Balaban J connectivity index is 1.70. The van der Waals surface area contributed by atoms with Crippen molar-refractivity contribution in [2.24, 2.45) is 0 Å². The van der Waals surface area contributed by atoms with Crippen LogP contribution in [-0.4, -0.2) is 23.6 Å². The lowest BCUT2D eigenvalue weighted by molar-refractivity contribution is 0.0927. The van der Waals surface area contributed by atoms with E-state index in [1.165, 1.54) is 24.1 Å². The topological polar surface area (TPSA) is 43.3 Å². The number of halogens is 1. The minimum atomic E-state index is -0.331. The fourth-order valence-corrected chi connectivity index (χ4v) is 4.66. The van der Waals surface area contributed by atoms with Crippen molar-refractivity contribution in [3.8, 4) is 17.0 Å². The van der Waals surface area contributed by atoms with Gasteiger partial charge in [0.2, 0.25) is 0 Å². The van der Waals surface area contributed by atoms with Crippen LogP contribution in [0.5, 0.6) is 5.75 Å². The molecule has 0 radical (unpaired) electrons. The summed E-state index contributed by atoms with van der Waals surface area (Å²) in [6, 6.07) is 16.9. The molecule has 1 aliphatic rings. The van der Waals surface area contributed by atoms with Gasteiger partial charge in [-0.2, -0.15) is 0 Å². The lowest BCUT2D eigenvalue weighted by atomic mass is 9.95. The zero-order valence-corrected chi connectivity index (χ0v) is 18.9. The predicted molar refractivity (Wildman–Crippen MR) is 126 cm³/mol. The van der Waals surface area contributed by atoms with Gasteiger partial charge in [-0.25, -0.2) is 4.39 Å². The molecule has 4 nitrogen and oxygen atoms in total. The Labute approximate surface area is 189 Å². The molecule has 1 aliphatic carbocycles. The molecule has 0 saturated heterocycles. The maximum atomic E-state index is 14.2. The molecule has 0 bridgehead atoms. The quantitative estimate of drug-likeness (QED) is 0.502. The van der Waals surface area contributed by atoms with E-state index in [-0.39, 0.29) is 17.8 Å². The number of nitrogens with zero attached hydrogens (tertiary/aromatic N) is 1. The zero-order chi connectivity index (χ0) is 22.5. The number of methoxy groups -OCH3 is 1. The number of benzene rings is 2. The van der Waals surface area contributed by atoms with Crippen molar-refractivity contribution in [2.75, 3.05) is 7.11 Å². The summed E-state index contributed by atoms with van der Waals surface area (Å²) >= 11 is 0. The molecule has 3 aromatic rings. The van der Waals surface area contributed by atoms with Crippen LogP contribution in [0.3, 0.4) is 0 Å². The first kappa shape index (κ1) is 22.1. The van der Waals surface area contributed by atoms with Crippen molar-refractivity contribution >= 4 is 5.91 Å². The minimum Gasteiger partial charge on any atom is -0.496 e. The average molecular weight is 435 g/mol. The highest BCUT2D eigenvalue weighted by Crippen LogP contribution is 2.34. The molecule has 4 rings (SSSR count). The van der Waals surface area contributed by atoms with Gasteiger partial charge < -0.3 is 14.6 Å². The van der Waals surface area contributed by atoms with Crippen LogP contribution in [0.2, 0.25) is 0 Å². The van der Waals surface area contributed by atoms with Crippen LogP contribution in [0, 0.1) is 12.7 Å². The van der Waals surface area contributed by atoms with E-state index in [1.54, 1.807) is 13.2 Å². The van der Waals surface area contributed by atoms with Gasteiger partial charge in [-0.05, 0) is 56.0 Å². The number of hydrogen-bond donors (Lipinski definition) is 1. The molecule has 0 unspecified atom stereocenters. The van der Waals surface area contributed by atoms with Crippen molar-refractivity contribution in [3.05, 3.63) is 77.2 Å². The number of carbonyl (C=O) groups is 1. The van der Waals surface area contributed by atoms with E-state index in [4.69, 9.17) is 4.74 Å². The SMILES string of the molecule is COc1ccc(F)cc1-c1cc(C(=O)NC2CCCCC2)c(C)n1CCc1ccccc1. The molecule has 1 amide bonds. The first-order valence-electron chi connectivity index (χ1n) is 11.5. The first-order chi connectivity index (χ1) is 15.6. The molecule has 1 aromatic heterocycles. The third-order valence-corrected chi connectivity index (χ3v) is 6.46. The highest BCUT2D eigenvalue weighted by atomic mass is 19.1. The van der Waals surface area contributed by atoms with Crippen molar-refractivity contribution in [2.45, 2.75) is 58.0 Å². The van der Waals surface area contributed by atoms with Crippen molar-refractivity contribution in [3.63, 3.8) is 0 Å². The summed E-state index contributed by atoms with van der Waals surface area (Å²) in [6.07, 6.45) is 6.44. The summed E-state index contributed by atoms with van der Waals surface area (Å²) < 4.78 is 21.8. The van der Waals surface area contributed by atoms with E-state index in [0.29, 0.717) is 23.4 Å². The van der Waals surface area contributed by atoms with E-state index >= 15 is 0 Å². The molecule has 32 heavy (non-hydrogen) atoms. The molecule has 1 heterocycles. The summed E-state index contributed by atoms with van der Waals surface area (Å²) in [5, 5.41) is 3.22. The van der Waals surface area contributed by atoms with E-state index in [2.05, 4.69) is 22.0 Å². The van der Waals surface area contributed by atoms with Gasteiger partial charge >= 0.3 is 0 Å². The molecular weight excluding hydrogens is 403 g/mol. The third kappa shape index (κ3) is 4.87. The molecule has 1 saturated carbocycles.